The van der Waals surface area contributed by atoms with Crippen LogP contribution in [0.25, 0.3) is 0 Å². The zero-order valence-electron chi connectivity index (χ0n) is 21.3. The average molecular weight is 473 g/mol. The molecule has 0 bridgehead atoms. The lowest BCUT2D eigenvalue weighted by atomic mass is 9.44. The molecule has 9 atom stereocenters. The molecule has 0 aromatic rings. The Hall–Kier alpha value is -1.20. The average Bonchev–Trinajstić information content (AvgIpc) is 3.20. The number of ketones is 1. The van der Waals surface area contributed by atoms with Crippen LogP contribution < -0.4 is 0 Å². The van der Waals surface area contributed by atoms with Crippen molar-refractivity contribution in [2.24, 2.45) is 40.4 Å². The van der Waals surface area contributed by atoms with Crippen molar-refractivity contribution in [3.63, 3.8) is 0 Å². The second kappa shape index (κ2) is 9.69. The number of Topliss-reactive ketones (excluding diaryl/α,β-unsaturated/α-hetero) is 1. The number of hydrogen-bond donors (Lipinski definition) is 0. The maximum absolute atomic E-state index is 13.0. The first kappa shape index (κ1) is 24.5. The van der Waals surface area contributed by atoms with E-state index >= 15 is 0 Å². The lowest BCUT2D eigenvalue weighted by molar-refractivity contribution is -0.212. The standard InChI is InChI=1S/C29H44O5/c1-4-26(31)33-18-25(30)24-11-10-22-21-9-8-19-17-20(34-27-7-5-6-16-32-27)12-14-28(19,2)23(21)13-15-29(22,24)3/h4,19-24,27H,1,5-18H2,2-3H3/t19-,20+,21-,22-,23-,24+,27-,28-,29-/m0/s1. The molecule has 4 aliphatic carbocycles. The van der Waals surface area contributed by atoms with Gasteiger partial charge in [-0.25, -0.2) is 4.79 Å². The van der Waals surface area contributed by atoms with E-state index in [2.05, 4.69) is 20.4 Å². The molecule has 1 saturated heterocycles. The summed E-state index contributed by atoms with van der Waals surface area (Å²) < 4.78 is 17.4. The van der Waals surface area contributed by atoms with Crippen LogP contribution in [0.5, 0.6) is 0 Å². The molecule has 0 spiro atoms. The van der Waals surface area contributed by atoms with Crippen LogP contribution in [-0.2, 0) is 23.8 Å². The van der Waals surface area contributed by atoms with Gasteiger partial charge in [-0.3, -0.25) is 4.79 Å². The van der Waals surface area contributed by atoms with E-state index in [1.54, 1.807) is 0 Å². The zero-order chi connectivity index (χ0) is 23.9. The Morgan fingerprint density at radius 3 is 2.53 bits per heavy atom. The normalized spacial score (nSPS) is 46.0. The van der Waals surface area contributed by atoms with Gasteiger partial charge in [0.15, 0.2) is 18.7 Å². The number of carbonyl (C=O) groups excluding carboxylic acids is 2. The minimum atomic E-state index is -0.502. The van der Waals surface area contributed by atoms with Crippen molar-refractivity contribution in [2.45, 2.75) is 103 Å². The summed E-state index contributed by atoms with van der Waals surface area (Å²) in [5.41, 5.74) is 0.458. The molecule has 0 unspecified atom stereocenters. The third kappa shape index (κ3) is 4.30. The molecule has 5 rings (SSSR count). The van der Waals surface area contributed by atoms with Crippen LogP contribution in [0.4, 0.5) is 0 Å². The summed E-state index contributed by atoms with van der Waals surface area (Å²) in [6, 6.07) is 0. The SMILES string of the molecule is C=CC(=O)OCC(=O)[C@H]1CC[C@H]2[C@@H]3CC[C@H]4C[C@H](O[C@H]5CCCCO5)CC[C@]4(C)[C@H]3CC[C@]12C. The fourth-order valence-electron chi connectivity index (χ4n) is 9.21. The molecule has 0 aromatic heterocycles. The molecule has 5 heteroatoms. The van der Waals surface area contributed by atoms with Crippen molar-refractivity contribution in [3.05, 3.63) is 12.7 Å². The second-order valence-electron chi connectivity index (χ2n) is 12.4. The number of fused-ring (bicyclic) bond motifs is 5. The summed E-state index contributed by atoms with van der Waals surface area (Å²) in [5.74, 6) is 2.51. The van der Waals surface area contributed by atoms with Gasteiger partial charge in [-0.05, 0) is 112 Å². The first-order valence-electron chi connectivity index (χ1n) is 13.9. The number of hydrogen-bond acceptors (Lipinski definition) is 5. The Balaban J connectivity index is 1.23. The highest BCUT2D eigenvalue weighted by atomic mass is 16.7. The molecule has 0 N–H and O–H groups in total. The van der Waals surface area contributed by atoms with Crippen molar-refractivity contribution in [2.75, 3.05) is 13.2 Å². The van der Waals surface area contributed by atoms with Crippen LogP contribution in [0.1, 0.15) is 90.9 Å². The van der Waals surface area contributed by atoms with Crippen LogP contribution in [0.15, 0.2) is 12.7 Å². The molecule has 190 valence electrons. The molecule has 5 nitrogen and oxygen atoms in total. The van der Waals surface area contributed by atoms with E-state index < -0.39 is 5.97 Å². The molecule has 0 radical (unpaired) electrons. The predicted octanol–water partition coefficient (Wildman–Crippen LogP) is 5.86. The molecular weight excluding hydrogens is 428 g/mol. The summed E-state index contributed by atoms with van der Waals surface area (Å²) in [4.78, 5) is 24.5. The second-order valence-corrected chi connectivity index (χ2v) is 12.4. The first-order valence-corrected chi connectivity index (χ1v) is 13.9. The van der Waals surface area contributed by atoms with E-state index in [1.807, 2.05) is 0 Å². The Morgan fingerprint density at radius 2 is 1.76 bits per heavy atom. The monoisotopic (exact) mass is 472 g/mol. The summed E-state index contributed by atoms with van der Waals surface area (Å²) in [7, 11) is 0. The van der Waals surface area contributed by atoms with Crippen molar-refractivity contribution >= 4 is 11.8 Å². The zero-order valence-corrected chi connectivity index (χ0v) is 21.3. The summed E-state index contributed by atoms with van der Waals surface area (Å²) in [6.07, 6.45) is 15.6. The van der Waals surface area contributed by atoms with Crippen LogP contribution in [0, 0.1) is 40.4 Å². The third-order valence-corrected chi connectivity index (χ3v) is 11.0. The quantitative estimate of drug-likeness (QED) is 0.275. The lowest BCUT2D eigenvalue weighted by Gasteiger charge is -2.61. The molecule has 0 amide bonds. The van der Waals surface area contributed by atoms with Crippen molar-refractivity contribution in [3.8, 4) is 0 Å². The fourth-order valence-corrected chi connectivity index (χ4v) is 9.21. The highest BCUT2D eigenvalue weighted by Crippen LogP contribution is 2.67. The highest BCUT2D eigenvalue weighted by molar-refractivity contribution is 5.88. The highest BCUT2D eigenvalue weighted by Gasteiger charge is 2.61. The van der Waals surface area contributed by atoms with E-state index in [4.69, 9.17) is 14.2 Å². The van der Waals surface area contributed by atoms with Crippen LogP contribution in [0.3, 0.4) is 0 Å². The van der Waals surface area contributed by atoms with Gasteiger partial charge in [0.05, 0.1) is 6.10 Å². The van der Waals surface area contributed by atoms with Gasteiger partial charge < -0.3 is 14.2 Å². The van der Waals surface area contributed by atoms with Crippen LogP contribution in [-0.4, -0.2) is 37.4 Å². The Bertz CT molecular complexity index is 787. The molecule has 4 saturated carbocycles. The van der Waals surface area contributed by atoms with Gasteiger partial charge in [-0.15, -0.1) is 0 Å². The largest absolute Gasteiger partial charge is 0.455 e. The molecule has 5 fully saturated rings. The van der Waals surface area contributed by atoms with Gasteiger partial charge in [-0.2, -0.15) is 0 Å². The maximum Gasteiger partial charge on any atom is 0.330 e. The minimum Gasteiger partial charge on any atom is -0.455 e. The molecule has 0 aromatic carbocycles. The Morgan fingerprint density at radius 1 is 0.971 bits per heavy atom. The molecule has 34 heavy (non-hydrogen) atoms. The van der Waals surface area contributed by atoms with Crippen molar-refractivity contribution < 1.29 is 23.8 Å². The van der Waals surface area contributed by atoms with Gasteiger partial charge in [-0.1, -0.05) is 20.4 Å². The number of ether oxygens (including phenoxy) is 3. The van der Waals surface area contributed by atoms with Gasteiger partial charge in [0.2, 0.25) is 0 Å². The molecule has 1 heterocycles. The van der Waals surface area contributed by atoms with E-state index in [0.29, 0.717) is 17.4 Å². The number of rotatable bonds is 6. The van der Waals surface area contributed by atoms with E-state index in [0.717, 1.165) is 62.5 Å². The third-order valence-electron chi connectivity index (χ3n) is 11.0. The predicted molar refractivity (Wildman–Crippen MR) is 130 cm³/mol. The number of carbonyl (C=O) groups is 2. The topological polar surface area (TPSA) is 61.8 Å². The van der Waals surface area contributed by atoms with Gasteiger partial charge >= 0.3 is 5.97 Å². The van der Waals surface area contributed by atoms with E-state index in [9.17, 15) is 9.59 Å². The van der Waals surface area contributed by atoms with Gasteiger partial charge in [0.25, 0.3) is 0 Å². The van der Waals surface area contributed by atoms with Gasteiger partial charge in [0.1, 0.15) is 0 Å². The molecule has 5 aliphatic rings. The fraction of sp³-hybridized carbons (Fsp3) is 0.862. The number of esters is 1. The molecular formula is C29H44O5. The lowest BCUT2D eigenvalue weighted by Crippen LogP contribution is -2.54. The van der Waals surface area contributed by atoms with E-state index in [1.165, 1.54) is 44.9 Å². The minimum absolute atomic E-state index is 0.0218. The summed E-state index contributed by atoms with van der Waals surface area (Å²) in [5, 5.41) is 0. The van der Waals surface area contributed by atoms with Crippen molar-refractivity contribution in [1.29, 1.82) is 0 Å². The van der Waals surface area contributed by atoms with E-state index in [-0.39, 0.29) is 30.0 Å². The summed E-state index contributed by atoms with van der Waals surface area (Å²) in [6.45, 7) is 9.13. The first-order chi connectivity index (χ1) is 16.3. The summed E-state index contributed by atoms with van der Waals surface area (Å²) >= 11 is 0. The molecule has 1 aliphatic heterocycles. The van der Waals surface area contributed by atoms with Crippen molar-refractivity contribution in [1.82, 2.24) is 0 Å². The Kier molecular flexibility index (Phi) is 6.98. The van der Waals surface area contributed by atoms with Crippen LogP contribution >= 0.6 is 0 Å². The Labute approximate surface area is 205 Å². The maximum atomic E-state index is 13.0. The van der Waals surface area contributed by atoms with Crippen LogP contribution in [0.2, 0.25) is 0 Å². The smallest absolute Gasteiger partial charge is 0.330 e. The van der Waals surface area contributed by atoms with Gasteiger partial charge in [0, 0.05) is 18.6 Å².